The highest BCUT2D eigenvalue weighted by atomic mass is 16.5. The number of piperidine rings is 1. The van der Waals surface area contributed by atoms with Gasteiger partial charge in [-0.25, -0.2) is 0 Å². The van der Waals surface area contributed by atoms with Gasteiger partial charge in [-0.15, -0.1) is 0 Å². The van der Waals surface area contributed by atoms with Crippen molar-refractivity contribution in [2.45, 2.75) is 52.0 Å². The molecule has 2 heterocycles. The molecule has 1 spiro atoms. The van der Waals surface area contributed by atoms with Crippen LogP contribution in [0, 0.1) is 10.8 Å². The van der Waals surface area contributed by atoms with Crippen LogP contribution in [-0.2, 0) is 9.47 Å². The lowest BCUT2D eigenvalue weighted by Crippen LogP contribution is -2.43. The number of hydrogen-bond donors (Lipinski definition) is 1. The summed E-state index contributed by atoms with van der Waals surface area (Å²) in [5.74, 6) is 2.22. The molecule has 0 saturated carbocycles. The predicted octanol–water partition coefficient (Wildman–Crippen LogP) is 3.31. The van der Waals surface area contributed by atoms with Crippen LogP contribution >= 0.6 is 0 Å². The molecule has 136 valence electrons. The molecule has 2 saturated heterocycles. The lowest BCUT2D eigenvalue weighted by atomic mass is 9.68. The zero-order valence-electron chi connectivity index (χ0n) is 15.9. The minimum atomic E-state index is -0.0864. The van der Waals surface area contributed by atoms with E-state index < -0.39 is 0 Å². The highest BCUT2D eigenvalue weighted by Crippen LogP contribution is 2.52. The summed E-state index contributed by atoms with van der Waals surface area (Å²) in [4.78, 5) is 2.69. The maximum atomic E-state index is 5.90. The molecular weight excluding hydrogens is 300 g/mol. The molecule has 0 aromatic rings. The summed E-state index contributed by atoms with van der Waals surface area (Å²) in [6, 6.07) is 0.730. The summed E-state index contributed by atoms with van der Waals surface area (Å²) in [5.41, 5.74) is -0.00761. The largest absolute Gasteiger partial charge is 0.500 e. The van der Waals surface area contributed by atoms with Crippen LogP contribution in [0.25, 0.3) is 0 Å². The standard InChI is InChI=1S/C20H34N2O2/c1-5-20(6-2)17(23-3)13-19(14-18(20)24-4)9-12-22(15-19)16-7-10-21-11-8-16/h13-14,16,21H,5-12,15H2,1-4H3. The first-order valence-electron chi connectivity index (χ1n) is 9.62. The lowest BCUT2D eigenvalue weighted by molar-refractivity contribution is 0.101. The topological polar surface area (TPSA) is 33.7 Å². The van der Waals surface area contributed by atoms with Gasteiger partial charge in [0, 0.05) is 18.0 Å². The highest BCUT2D eigenvalue weighted by Gasteiger charge is 2.48. The highest BCUT2D eigenvalue weighted by molar-refractivity contribution is 5.35. The van der Waals surface area contributed by atoms with Crippen molar-refractivity contribution in [1.82, 2.24) is 10.2 Å². The number of nitrogens with one attached hydrogen (secondary N) is 1. The van der Waals surface area contributed by atoms with E-state index in [9.17, 15) is 0 Å². The minimum absolute atomic E-state index is 0.0788. The van der Waals surface area contributed by atoms with Gasteiger partial charge in [0.2, 0.25) is 0 Å². The van der Waals surface area contributed by atoms with Gasteiger partial charge in [-0.1, -0.05) is 13.8 Å². The van der Waals surface area contributed by atoms with Crippen LogP contribution in [0.1, 0.15) is 46.0 Å². The Hall–Kier alpha value is -1.00. The summed E-state index contributed by atoms with van der Waals surface area (Å²) in [7, 11) is 3.63. The van der Waals surface area contributed by atoms with Crippen molar-refractivity contribution in [2.24, 2.45) is 10.8 Å². The molecule has 0 radical (unpaired) electrons. The quantitative estimate of drug-likeness (QED) is 0.836. The van der Waals surface area contributed by atoms with Crippen molar-refractivity contribution in [1.29, 1.82) is 0 Å². The van der Waals surface area contributed by atoms with Gasteiger partial charge in [-0.2, -0.15) is 0 Å². The van der Waals surface area contributed by atoms with Crippen molar-refractivity contribution in [3.05, 3.63) is 23.7 Å². The fourth-order valence-electron chi connectivity index (χ4n) is 5.02. The fraction of sp³-hybridized carbons (Fsp3) is 0.800. The van der Waals surface area contributed by atoms with Gasteiger partial charge in [-0.05, 0) is 63.9 Å². The molecule has 4 heteroatoms. The van der Waals surface area contributed by atoms with Crippen molar-refractivity contribution in [2.75, 3.05) is 40.4 Å². The monoisotopic (exact) mass is 334 g/mol. The van der Waals surface area contributed by atoms with Crippen LogP contribution in [0.3, 0.4) is 0 Å². The van der Waals surface area contributed by atoms with Gasteiger partial charge in [0.15, 0.2) is 0 Å². The third kappa shape index (κ3) is 2.88. The van der Waals surface area contributed by atoms with Crippen LogP contribution in [0.15, 0.2) is 23.7 Å². The Morgan fingerprint density at radius 1 is 1.08 bits per heavy atom. The van der Waals surface area contributed by atoms with Crippen molar-refractivity contribution < 1.29 is 9.47 Å². The van der Waals surface area contributed by atoms with Gasteiger partial charge in [0.05, 0.1) is 19.6 Å². The average molecular weight is 335 g/mol. The van der Waals surface area contributed by atoms with Crippen molar-refractivity contribution in [3.63, 3.8) is 0 Å². The Morgan fingerprint density at radius 3 is 2.17 bits per heavy atom. The first kappa shape index (κ1) is 17.8. The van der Waals surface area contributed by atoms with Crippen LogP contribution in [-0.4, -0.2) is 51.3 Å². The smallest absolute Gasteiger partial charge is 0.106 e. The second-order valence-corrected chi connectivity index (χ2v) is 7.65. The molecule has 2 fully saturated rings. The van der Waals surface area contributed by atoms with E-state index in [1.807, 2.05) is 14.2 Å². The van der Waals surface area contributed by atoms with Crippen LogP contribution in [0.5, 0.6) is 0 Å². The maximum Gasteiger partial charge on any atom is 0.106 e. The Kier molecular flexibility index (Phi) is 5.26. The van der Waals surface area contributed by atoms with Gasteiger partial charge >= 0.3 is 0 Å². The second kappa shape index (κ2) is 7.09. The second-order valence-electron chi connectivity index (χ2n) is 7.65. The summed E-state index contributed by atoms with van der Waals surface area (Å²) in [6.07, 6.45) is 10.6. The Morgan fingerprint density at radius 2 is 1.67 bits per heavy atom. The number of nitrogens with zero attached hydrogens (tertiary/aromatic N) is 1. The van der Waals surface area contributed by atoms with E-state index in [0.29, 0.717) is 0 Å². The number of likely N-dealkylation sites (tertiary alicyclic amines) is 1. The van der Waals surface area contributed by atoms with E-state index in [4.69, 9.17) is 9.47 Å². The molecule has 3 aliphatic rings. The molecule has 0 atom stereocenters. The van der Waals surface area contributed by atoms with Gasteiger partial charge in [0.25, 0.3) is 0 Å². The van der Waals surface area contributed by atoms with Gasteiger partial charge in [-0.3, -0.25) is 4.90 Å². The van der Waals surface area contributed by atoms with Gasteiger partial charge < -0.3 is 14.8 Å². The molecular formula is C20H34N2O2. The Balaban J connectivity index is 1.87. The number of ether oxygens (including phenoxy) is 2. The minimum Gasteiger partial charge on any atom is -0.500 e. The third-order valence-corrected chi connectivity index (χ3v) is 6.61. The van der Waals surface area contributed by atoms with E-state index in [2.05, 4.69) is 36.2 Å². The molecule has 0 unspecified atom stereocenters. The molecule has 24 heavy (non-hydrogen) atoms. The zero-order chi connectivity index (χ0) is 17.2. The van der Waals surface area contributed by atoms with E-state index in [-0.39, 0.29) is 10.8 Å². The van der Waals surface area contributed by atoms with Crippen LogP contribution in [0.4, 0.5) is 0 Å². The Labute approximate surface area is 147 Å². The lowest BCUT2D eigenvalue weighted by Gasteiger charge is -2.42. The van der Waals surface area contributed by atoms with Crippen LogP contribution in [0.2, 0.25) is 0 Å². The predicted molar refractivity (Wildman–Crippen MR) is 97.7 cm³/mol. The molecule has 0 aromatic carbocycles. The van der Waals surface area contributed by atoms with E-state index >= 15 is 0 Å². The number of rotatable bonds is 5. The summed E-state index contributed by atoms with van der Waals surface area (Å²) < 4.78 is 11.8. The molecule has 2 aliphatic heterocycles. The molecule has 1 aliphatic carbocycles. The van der Waals surface area contributed by atoms with Crippen LogP contribution < -0.4 is 5.32 Å². The normalized spacial score (nSPS) is 27.0. The number of hydrogen-bond acceptors (Lipinski definition) is 4. The molecule has 3 rings (SSSR count). The third-order valence-electron chi connectivity index (χ3n) is 6.61. The number of methoxy groups -OCH3 is 2. The van der Waals surface area contributed by atoms with Gasteiger partial charge in [0.1, 0.15) is 11.5 Å². The summed E-state index contributed by atoms with van der Waals surface area (Å²) in [6.45, 7) is 9.05. The Bertz CT molecular complexity index is 478. The van der Waals surface area contributed by atoms with Crippen molar-refractivity contribution >= 4 is 0 Å². The summed E-state index contributed by atoms with van der Waals surface area (Å²) in [5, 5.41) is 3.48. The maximum absolute atomic E-state index is 5.90. The first-order chi connectivity index (χ1) is 11.6. The van der Waals surface area contributed by atoms with E-state index in [1.165, 1.54) is 25.8 Å². The SMILES string of the molecule is CCC1(CC)C(OC)=CC2(C=C1OC)CCN(C1CCNCC1)C2. The van der Waals surface area contributed by atoms with Crippen molar-refractivity contribution in [3.8, 4) is 0 Å². The average Bonchev–Trinajstić information content (AvgIpc) is 3.05. The van der Waals surface area contributed by atoms with E-state index in [1.54, 1.807) is 0 Å². The molecule has 0 bridgehead atoms. The summed E-state index contributed by atoms with van der Waals surface area (Å²) >= 11 is 0. The van der Waals surface area contributed by atoms with E-state index in [0.717, 1.165) is 50.0 Å². The molecule has 0 aromatic heterocycles. The molecule has 4 nitrogen and oxygen atoms in total. The molecule has 0 amide bonds. The first-order valence-corrected chi connectivity index (χ1v) is 9.62. The fourth-order valence-corrected chi connectivity index (χ4v) is 5.02. The zero-order valence-corrected chi connectivity index (χ0v) is 15.9. The molecule has 1 N–H and O–H groups in total.